The Morgan fingerprint density at radius 1 is 1.29 bits per heavy atom. The number of piperidine rings is 1. The van der Waals surface area contributed by atoms with Crippen LogP contribution in [0, 0.1) is 11.8 Å². The third-order valence-corrected chi connectivity index (χ3v) is 4.40. The third kappa shape index (κ3) is 3.97. The molecule has 2 fully saturated rings. The molecule has 1 saturated heterocycles. The topological polar surface area (TPSA) is 41.6 Å². The van der Waals surface area contributed by atoms with Crippen LogP contribution in [0.2, 0.25) is 0 Å². The lowest BCUT2D eigenvalue weighted by Gasteiger charge is -2.17. The molecule has 4 nitrogen and oxygen atoms in total. The van der Waals surface area contributed by atoms with E-state index in [4.69, 9.17) is 4.74 Å². The molecule has 21 heavy (non-hydrogen) atoms. The van der Waals surface area contributed by atoms with Gasteiger partial charge in [-0.25, -0.2) is 0 Å². The number of anilines is 1. The summed E-state index contributed by atoms with van der Waals surface area (Å²) in [6.07, 6.45) is 3.04. The first-order valence-corrected chi connectivity index (χ1v) is 7.99. The van der Waals surface area contributed by atoms with Crippen LogP contribution in [-0.2, 0) is 4.79 Å². The van der Waals surface area contributed by atoms with Crippen LogP contribution < -0.4 is 10.1 Å². The van der Waals surface area contributed by atoms with Crippen LogP contribution in [0.15, 0.2) is 24.3 Å². The standard InChI is InChI=1S/C17H24N2O2/c1-2-17(20)18-15-4-6-16(7-5-15)21-9-3-8-19-11-13-10-14(13)12-19/h4-7,13-14H,2-3,8-12H2,1H3,(H,18,20). The van der Waals surface area contributed by atoms with Gasteiger partial charge >= 0.3 is 0 Å². The zero-order valence-electron chi connectivity index (χ0n) is 12.7. The molecule has 0 spiro atoms. The molecule has 1 saturated carbocycles. The number of ether oxygens (including phenoxy) is 1. The molecule has 1 N–H and O–H groups in total. The highest BCUT2D eigenvalue weighted by atomic mass is 16.5. The second kappa shape index (κ2) is 6.48. The van der Waals surface area contributed by atoms with Gasteiger partial charge in [-0.2, -0.15) is 0 Å². The lowest BCUT2D eigenvalue weighted by molar-refractivity contribution is -0.115. The van der Waals surface area contributed by atoms with E-state index in [9.17, 15) is 4.79 Å². The minimum Gasteiger partial charge on any atom is -0.494 e. The lowest BCUT2D eigenvalue weighted by Crippen LogP contribution is -2.25. The molecule has 1 aliphatic heterocycles. The van der Waals surface area contributed by atoms with E-state index in [1.165, 1.54) is 19.5 Å². The van der Waals surface area contributed by atoms with Crippen LogP contribution in [0.4, 0.5) is 5.69 Å². The summed E-state index contributed by atoms with van der Waals surface area (Å²) in [6, 6.07) is 7.60. The number of rotatable bonds is 7. The molecule has 1 aliphatic carbocycles. The number of nitrogens with zero attached hydrogens (tertiary/aromatic N) is 1. The highest BCUT2D eigenvalue weighted by Gasteiger charge is 2.44. The molecule has 1 amide bonds. The van der Waals surface area contributed by atoms with Gasteiger partial charge < -0.3 is 15.0 Å². The molecule has 2 aliphatic rings. The zero-order chi connectivity index (χ0) is 14.7. The fourth-order valence-electron chi connectivity index (χ4n) is 3.04. The van der Waals surface area contributed by atoms with Gasteiger partial charge in [0, 0.05) is 31.7 Å². The molecular weight excluding hydrogens is 264 g/mol. The molecule has 2 atom stereocenters. The summed E-state index contributed by atoms with van der Waals surface area (Å²) in [5.74, 6) is 2.93. The highest BCUT2D eigenvalue weighted by Crippen LogP contribution is 2.44. The maximum Gasteiger partial charge on any atom is 0.224 e. The number of benzene rings is 1. The van der Waals surface area contributed by atoms with E-state index >= 15 is 0 Å². The molecule has 114 valence electrons. The Morgan fingerprint density at radius 3 is 2.67 bits per heavy atom. The Labute approximate surface area is 126 Å². The number of hydrogen-bond donors (Lipinski definition) is 1. The first kappa shape index (κ1) is 14.4. The summed E-state index contributed by atoms with van der Waals surface area (Å²) in [6.45, 7) is 6.35. The average Bonchev–Trinajstić information content (AvgIpc) is 3.12. The lowest BCUT2D eigenvalue weighted by atomic mass is 10.3. The van der Waals surface area contributed by atoms with Crippen molar-refractivity contribution < 1.29 is 9.53 Å². The van der Waals surface area contributed by atoms with E-state index in [-0.39, 0.29) is 5.91 Å². The second-order valence-corrected chi connectivity index (χ2v) is 6.14. The van der Waals surface area contributed by atoms with Crippen LogP contribution >= 0.6 is 0 Å². The summed E-state index contributed by atoms with van der Waals surface area (Å²) < 4.78 is 5.75. The van der Waals surface area contributed by atoms with Crippen molar-refractivity contribution in [2.45, 2.75) is 26.2 Å². The highest BCUT2D eigenvalue weighted by molar-refractivity contribution is 5.90. The van der Waals surface area contributed by atoms with Crippen molar-refractivity contribution in [1.82, 2.24) is 4.90 Å². The van der Waals surface area contributed by atoms with Gasteiger partial charge in [-0.05, 0) is 48.9 Å². The molecule has 0 aromatic heterocycles. The predicted octanol–water partition coefficient (Wildman–Crippen LogP) is 2.76. The van der Waals surface area contributed by atoms with Crippen molar-refractivity contribution in [2.75, 3.05) is 31.6 Å². The van der Waals surface area contributed by atoms with Crippen molar-refractivity contribution in [3.05, 3.63) is 24.3 Å². The van der Waals surface area contributed by atoms with Gasteiger partial charge in [0.2, 0.25) is 5.91 Å². The van der Waals surface area contributed by atoms with Gasteiger partial charge in [-0.1, -0.05) is 6.92 Å². The van der Waals surface area contributed by atoms with Gasteiger partial charge in [0.1, 0.15) is 5.75 Å². The number of carbonyl (C=O) groups is 1. The smallest absolute Gasteiger partial charge is 0.224 e. The second-order valence-electron chi connectivity index (χ2n) is 6.14. The maximum atomic E-state index is 11.3. The Kier molecular flexibility index (Phi) is 4.44. The molecule has 3 rings (SSSR count). The summed E-state index contributed by atoms with van der Waals surface area (Å²) in [7, 11) is 0. The van der Waals surface area contributed by atoms with E-state index in [0.717, 1.165) is 42.8 Å². The molecule has 1 aromatic carbocycles. The number of nitrogens with one attached hydrogen (secondary N) is 1. The van der Waals surface area contributed by atoms with E-state index in [2.05, 4.69) is 10.2 Å². The Bertz CT molecular complexity index is 476. The molecule has 4 heteroatoms. The minimum absolute atomic E-state index is 0.0346. The van der Waals surface area contributed by atoms with Crippen LogP contribution in [-0.4, -0.2) is 37.0 Å². The third-order valence-electron chi connectivity index (χ3n) is 4.40. The first-order chi connectivity index (χ1) is 10.2. The Balaban J connectivity index is 1.34. The van der Waals surface area contributed by atoms with E-state index in [0.29, 0.717) is 6.42 Å². The molecule has 0 bridgehead atoms. The number of carbonyl (C=O) groups excluding carboxylic acids is 1. The molecular formula is C17H24N2O2. The molecule has 0 radical (unpaired) electrons. The van der Waals surface area contributed by atoms with E-state index in [1.807, 2.05) is 31.2 Å². The SMILES string of the molecule is CCC(=O)Nc1ccc(OCCCN2CC3CC3C2)cc1. The van der Waals surface area contributed by atoms with Crippen molar-refractivity contribution in [3.8, 4) is 5.75 Å². The summed E-state index contributed by atoms with van der Waals surface area (Å²) in [4.78, 5) is 13.8. The van der Waals surface area contributed by atoms with Crippen LogP contribution in [0.25, 0.3) is 0 Å². The van der Waals surface area contributed by atoms with Gasteiger partial charge in [0.05, 0.1) is 6.61 Å². The van der Waals surface area contributed by atoms with Gasteiger partial charge in [0.15, 0.2) is 0 Å². The van der Waals surface area contributed by atoms with Gasteiger partial charge in [-0.3, -0.25) is 4.79 Å². The average molecular weight is 288 g/mol. The van der Waals surface area contributed by atoms with Crippen LogP contribution in [0.5, 0.6) is 5.75 Å². The molecule has 1 heterocycles. The Hall–Kier alpha value is -1.55. The number of hydrogen-bond acceptors (Lipinski definition) is 3. The van der Waals surface area contributed by atoms with Crippen molar-refractivity contribution >= 4 is 11.6 Å². The fraction of sp³-hybridized carbons (Fsp3) is 0.588. The number of amides is 1. The van der Waals surface area contributed by atoms with E-state index < -0.39 is 0 Å². The maximum absolute atomic E-state index is 11.3. The fourth-order valence-corrected chi connectivity index (χ4v) is 3.04. The van der Waals surface area contributed by atoms with Crippen molar-refractivity contribution in [2.24, 2.45) is 11.8 Å². The summed E-state index contributed by atoms with van der Waals surface area (Å²) >= 11 is 0. The largest absolute Gasteiger partial charge is 0.494 e. The van der Waals surface area contributed by atoms with Crippen molar-refractivity contribution in [3.63, 3.8) is 0 Å². The summed E-state index contributed by atoms with van der Waals surface area (Å²) in [5, 5.41) is 2.83. The van der Waals surface area contributed by atoms with Crippen LogP contribution in [0.1, 0.15) is 26.2 Å². The van der Waals surface area contributed by atoms with Crippen molar-refractivity contribution in [1.29, 1.82) is 0 Å². The first-order valence-electron chi connectivity index (χ1n) is 7.99. The summed E-state index contributed by atoms with van der Waals surface area (Å²) in [5.41, 5.74) is 0.825. The Morgan fingerprint density at radius 2 is 2.00 bits per heavy atom. The minimum atomic E-state index is 0.0346. The predicted molar refractivity (Wildman–Crippen MR) is 83.5 cm³/mol. The normalized spacial score (nSPS) is 23.7. The number of fused-ring (bicyclic) bond motifs is 1. The van der Waals surface area contributed by atoms with Gasteiger partial charge in [0.25, 0.3) is 0 Å². The molecule has 2 unspecified atom stereocenters. The quantitative estimate of drug-likeness (QED) is 0.784. The van der Waals surface area contributed by atoms with Gasteiger partial charge in [-0.15, -0.1) is 0 Å². The van der Waals surface area contributed by atoms with E-state index in [1.54, 1.807) is 0 Å². The van der Waals surface area contributed by atoms with Crippen LogP contribution in [0.3, 0.4) is 0 Å². The number of likely N-dealkylation sites (tertiary alicyclic amines) is 1. The zero-order valence-corrected chi connectivity index (χ0v) is 12.7. The monoisotopic (exact) mass is 288 g/mol. The molecule has 1 aromatic rings.